The van der Waals surface area contributed by atoms with Gasteiger partial charge < -0.3 is 26.2 Å². The Morgan fingerprint density at radius 2 is 1.56 bits per heavy atom. The molecule has 0 saturated heterocycles. The van der Waals surface area contributed by atoms with Crippen LogP contribution in [0.4, 0.5) is 0 Å². The van der Waals surface area contributed by atoms with E-state index in [9.17, 15) is 9.59 Å². The van der Waals surface area contributed by atoms with Gasteiger partial charge in [-0.1, -0.05) is 60.7 Å². The summed E-state index contributed by atoms with van der Waals surface area (Å²) >= 11 is 0. The summed E-state index contributed by atoms with van der Waals surface area (Å²) < 4.78 is 5.86. The van der Waals surface area contributed by atoms with Crippen molar-refractivity contribution in [3.05, 3.63) is 83.4 Å². The molecule has 0 aromatic heterocycles. The first-order chi connectivity index (χ1) is 12.4. The van der Waals surface area contributed by atoms with Gasteiger partial charge in [0.1, 0.15) is 19.7 Å². The molecule has 0 aliphatic carbocycles. The predicted molar refractivity (Wildman–Crippen MR) is 103 cm³/mol. The van der Waals surface area contributed by atoms with Crippen LogP contribution in [0.25, 0.3) is 0 Å². The first-order valence-electron chi connectivity index (χ1n) is 8.71. The maximum Gasteiger partial charge on any atom is 0.330 e. The van der Waals surface area contributed by atoms with E-state index in [0.717, 1.165) is 12.1 Å². The molecule has 0 unspecified atom stereocenters. The van der Waals surface area contributed by atoms with Gasteiger partial charge in [-0.25, -0.2) is 4.79 Å². The van der Waals surface area contributed by atoms with Crippen molar-refractivity contribution in [1.29, 1.82) is 0 Å². The van der Waals surface area contributed by atoms with Gasteiger partial charge in [0.25, 0.3) is 0 Å². The maximum atomic E-state index is 12.4. The highest BCUT2D eigenvalue weighted by molar-refractivity contribution is 6.08. The zero-order valence-corrected chi connectivity index (χ0v) is 17.6. The number of esters is 1. The summed E-state index contributed by atoms with van der Waals surface area (Å²) in [5.41, 5.74) is 2.52. The predicted octanol–water partition coefficient (Wildman–Crippen LogP) is 0.617. The highest BCUT2D eigenvalue weighted by atomic mass is 79.9. The van der Waals surface area contributed by atoms with Gasteiger partial charge in [-0.3, -0.25) is 4.79 Å². The van der Waals surface area contributed by atoms with Crippen molar-refractivity contribution in [1.82, 2.24) is 0 Å². The minimum absolute atomic E-state index is 0. The van der Waals surface area contributed by atoms with Gasteiger partial charge in [-0.05, 0) is 6.92 Å². The highest BCUT2D eigenvalue weighted by Gasteiger charge is 2.17. The van der Waals surface area contributed by atoms with Crippen molar-refractivity contribution in [2.24, 2.45) is 0 Å². The van der Waals surface area contributed by atoms with Gasteiger partial charge in [0.15, 0.2) is 5.78 Å². The van der Waals surface area contributed by atoms with E-state index in [1.165, 1.54) is 6.08 Å². The fourth-order valence-electron chi connectivity index (χ4n) is 2.67. The van der Waals surface area contributed by atoms with Crippen LogP contribution in [0, 0.1) is 0 Å². The third-order valence-corrected chi connectivity index (χ3v) is 4.11. The van der Waals surface area contributed by atoms with E-state index in [4.69, 9.17) is 4.74 Å². The molecule has 0 radical (unpaired) electrons. The second kappa shape index (κ2) is 10.8. The summed E-state index contributed by atoms with van der Waals surface area (Å²) in [6.45, 7) is 3.67. The Balaban J connectivity index is 0.00000364. The number of halogens is 1. The lowest BCUT2D eigenvalue weighted by Gasteiger charge is -2.29. The Kier molecular flexibility index (Phi) is 9.12. The molecular formula is C22H26BrNO3. The standard InChI is InChI=1S/C22H26NO3.BrH/c1-4-8-21(24)26-16-15-23(2,3)17-18-11-13-20(14-12-18)22(25)19-9-6-5-7-10-19;/h4-14H,15-17H2,1-3H3;1H/q+1;/p-1. The van der Waals surface area contributed by atoms with E-state index in [0.29, 0.717) is 28.8 Å². The van der Waals surface area contributed by atoms with E-state index in [1.54, 1.807) is 13.0 Å². The summed E-state index contributed by atoms with van der Waals surface area (Å²) in [6.07, 6.45) is 3.09. The molecule has 2 aromatic carbocycles. The van der Waals surface area contributed by atoms with Crippen LogP contribution >= 0.6 is 0 Å². The van der Waals surface area contributed by atoms with Gasteiger partial charge >= 0.3 is 5.97 Å². The molecule has 0 atom stereocenters. The fourth-order valence-corrected chi connectivity index (χ4v) is 2.67. The van der Waals surface area contributed by atoms with Crippen molar-refractivity contribution < 1.29 is 35.8 Å². The molecule has 0 amide bonds. The Morgan fingerprint density at radius 3 is 2.15 bits per heavy atom. The van der Waals surface area contributed by atoms with Crippen LogP contribution in [-0.4, -0.2) is 43.5 Å². The molecule has 2 aromatic rings. The highest BCUT2D eigenvalue weighted by Crippen LogP contribution is 2.14. The molecule has 0 heterocycles. The van der Waals surface area contributed by atoms with Gasteiger partial charge in [-0.2, -0.15) is 0 Å². The lowest BCUT2D eigenvalue weighted by Crippen LogP contribution is -3.00. The third kappa shape index (κ3) is 7.49. The Bertz CT molecular complexity index is 768. The van der Waals surface area contributed by atoms with Crippen LogP contribution in [0.1, 0.15) is 28.4 Å². The lowest BCUT2D eigenvalue weighted by atomic mass is 10.0. The van der Waals surface area contributed by atoms with Crippen molar-refractivity contribution in [2.45, 2.75) is 13.5 Å². The number of likely N-dealkylation sites (N-methyl/N-ethyl adjacent to an activating group) is 1. The molecule has 5 heteroatoms. The molecule has 0 N–H and O–H groups in total. The quantitative estimate of drug-likeness (QED) is 0.266. The molecule has 0 spiro atoms. The number of rotatable bonds is 8. The smallest absolute Gasteiger partial charge is 0.330 e. The number of carbonyl (C=O) groups is 2. The minimum atomic E-state index is -0.309. The van der Waals surface area contributed by atoms with Crippen LogP contribution in [0.3, 0.4) is 0 Å². The molecule has 0 saturated carbocycles. The number of allylic oxidation sites excluding steroid dienone is 1. The first-order valence-corrected chi connectivity index (χ1v) is 8.71. The van der Waals surface area contributed by atoms with Gasteiger partial charge in [-0.15, -0.1) is 0 Å². The number of benzene rings is 2. The fraction of sp³-hybridized carbons (Fsp3) is 0.273. The summed E-state index contributed by atoms with van der Waals surface area (Å²) in [6, 6.07) is 17.0. The Hall–Kier alpha value is -2.24. The minimum Gasteiger partial charge on any atom is -1.00 e. The molecule has 0 bridgehead atoms. The normalized spacial score (nSPS) is 11.1. The largest absolute Gasteiger partial charge is 1.00 e. The summed E-state index contributed by atoms with van der Waals surface area (Å²) in [5.74, 6) is -0.280. The first kappa shape index (κ1) is 22.8. The van der Waals surface area contributed by atoms with E-state index >= 15 is 0 Å². The van der Waals surface area contributed by atoms with Crippen molar-refractivity contribution >= 4 is 11.8 Å². The number of nitrogens with zero attached hydrogens (tertiary/aromatic N) is 1. The molecule has 0 fully saturated rings. The number of hydrogen-bond acceptors (Lipinski definition) is 3. The Morgan fingerprint density at radius 1 is 0.963 bits per heavy atom. The molecule has 0 aliphatic heterocycles. The summed E-state index contributed by atoms with van der Waals surface area (Å²) in [4.78, 5) is 23.8. The van der Waals surface area contributed by atoms with E-state index in [2.05, 4.69) is 14.1 Å². The number of hydrogen-bond donors (Lipinski definition) is 0. The van der Waals surface area contributed by atoms with E-state index < -0.39 is 0 Å². The topological polar surface area (TPSA) is 43.4 Å². The molecule has 27 heavy (non-hydrogen) atoms. The lowest BCUT2D eigenvalue weighted by molar-refractivity contribution is -0.903. The van der Waals surface area contributed by atoms with Crippen molar-refractivity contribution in [3.63, 3.8) is 0 Å². The zero-order chi connectivity index (χ0) is 19.0. The number of ketones is 1. The summed E-state index contributed by atoms with van der Waals surface area (Å²) in [5, 5.41) is 0. The average molecular weight is 432 g/mol. The monoisotopic (exact) mass is 431 g/mol. The average Bonchev–Trinajstić information content (AvgIpc) is 2.62. The molecule has 4 nitrogen and oxygen atoms in total. The van der Waals surface area contributed by atoms with Gasteiger partial charge in [0.05, 0.1) is 14.1 Å². The molecule has 2 rings (SSSR count). The number of carbonyl (C=O) groups excluding carboxylic acids is 2. The van der Waals surface area contributed by atoms with Crippen LogP contribution < -0.4 is 17.0 Å². The number of ether oxygens (including phenoxy) is 1. The SMILES string of the molecule is CC=CC(=O)OCC[N+](C)(C)Cc1ccc(C(=O)c2ccccc2)cc1.[Br-]. The second-order valence-corrected chi connectivity index (χ2v) is 6.88. The Labute approximate surface area is 171 Å². The maximum absolute atomic E-state index is 12.4. The van der Waals surface area contributed by atoms with Crippen molar-refractivity contribution in [3.8, 4) is 0 Å². The number of quaternary nitrogens is 1. The molecular weight excluding hydrogens is 406 g/mol. The van der Waals surface area contributed by atoms with E-state index in [-0.39, 0.29) is 28.7 Å². The van der Waals surface area contributed by atoms with E-state index in [1.807, 2.05) is 54.6 Å². The van der Waals surface area contributed by atoms with Gasteiger partial charge in [0, 0.05) is 22.8 Å². The third-order valence-electron chi connectivity index (χ3n) is 4.11. The van der Waals surface area contributed by atoms with Crippen LogP contribution in [-0.2, 0) is 16.1 Å². The van der Waals surface area contributed by atoms with Crippen molar-refractivity contribution in [2.75, 3.05) is 27.2 Å². The molecule has 144 valence electrons. The summed E-state index contributed by atoms with van der Waals surface area (Å²) in [7, 11) is 4.18. The van der Waals surface area contributed by atoms with Crippen LogP contribution in [0.2, 0.25) is 0 Å². The zero-order valence-electron chi connectivity index (χ0n) is 16.0. The van der Waals surface area contributed by atoms with Crippen LogP contribution in [0.15, 0.2) is 66.7 Å². The molecule has 0 aliphatic rings. The second-order valence-electron chi connectivity index (χ2n) is 6.88. The van der Waals surface area contributed by atoms with Crippen LogP contribution in [0.5, 0.6) is 0 Å². The van der Waals surface area contributed by atoms with Gasteiger partial charge in [0.2, 0.25) is 0 Å².